The first kappa shape index (κ1) is 19.9. The van der Waals surface area contributed by atoms with E-state index in [1.807, 2.05) is 5.32 Å². The number of ether oxygens (including phenoxy) is 4. The summed E-state index contributed by atoms with van der Waals surface area (Å²) < 4.78 is 19.5. The lowest BCUT2D eigenvalue weighted by molar-refractivity contribution is -0.156. The molecule has 0 radical (unpaired) electrons. The minimum absolute atomic E-state index is 0.144. The number of carbonyl (C=O) groups excluding carboxylic acids is 4. The molecule has 1 aromatic carbocycles. The van der Waals surface area contributed by atoms with Crippen LogP contribution in [0.4, 0.5) is 4.79 Å². The largest absolute Gasteiger partial charge is 0.493 e. The predicted molar refractivity (Wildman–Crippen MR) is 84.6 cm³/mol. The smallest absolute Gasteiger partial charge is 0.413 e. The lowest BCUT2D eigenvalue weighted by Crippen LogP contribution is -2.40. The molecular formula is C16H19NO8. The van der Waals surface area contributed by atoms with E-state index in [0.29, 0.717) is 5.56 Å². The molecule has 0 fully saturated rings. The molecule has 0 bridgehead atoms. The Labute approximate surface area is 144 Å². The molecule has 2 amide bonds. The predicted octanol–water partition coefficient (Wildman–Crippen LogP) is 1.09. The number of imide groups is 1. The summed E-state index contributed by atoms with van der Waals surface area (Å²) in [6.45, 7) is 2.21. The molecule has 1 rings (SSSR count). The Balaban J connectivity index is 2.60. The number of rotatable bonds is 7. The molecule has 1 atom stereocenters. The summed E-state index contributed by atoms with van der Waals surface area (Å²) in [5, 5.41) is 1.87. The number of alkyl carbamates (subject to hydrolysis) is 1. The average Bonchev–Trinajstić information content (AvgIpc) is 2.59. The fourth-order valence-electron chi connectivity index (χ4n) is 1.68. The Kier molecular flexibility index (Phi) is 7.39. The molecule has 0 aliphatic carbocycles. The number of nitrogens with one attached hydrogen (secondary N) is 1. The lowest BCUT2D eigenvalue weighted by atomic mass is 10.1. The second kappa shape index (κ2) is 9.26. The zero-order valence-corrected chi connectivity index (χ0v) is 14.3. The SMILES string of the molecule is COC(=O)NC(=O)[C@@H](C)OC(=O)COc1ccc(C(C)=O)cc1OC. The van der Waals surface area contributed by atoms with E-state index >= 15 is 0 Å². The van der Waals surface area contributed by atoms with Gasteiger partial charge < -0.3 is 18.9 Å². The first-order valence-corrected chi connectivity index (χ1v) is 7.18. The van der Waals surface area contributed by atoms with Gasteiger partial charge in [0.05, 0.1) is 14.2 Å². The van der Waals surface area contributed by atoms with E-state index in [1.165, 1.54) is 39.2 Å². The molecule has 9 heteroatoms. The number of amides is 2. The summed E-state index contributed by atoms with van der Waals surface area (Å²) in [6, 6.07) is 4.49. The van der Waals surface area contributed by atoms with E-state index in [4.69, 9.17) is 14.2 Å². The van der Waals surface area contributed by atoms with Crippen LogP contribution in [0.3, 0.4) is 0 Å². The monoisotopic (exact) mass is 353 g/mol. The Morgan fingerprint density at radius 1 is 1.12 bits per heavy atom. The molecule has 0 aliphatic rings. The molecule has 0 spiro atoms. The van der Waals surface area contributed by atoms with Crippen molar-refractivity contribution in [2.75, 3.05) is 20.8 Å². The van der Waals surface area contributed by atoms with Gasteiger partial charge in [-0.25, -0.2) is 9.59 Å². The fourth-order valence-corrected chi connectivity index (χ4v) is 1.68. The second-order valence-corrected chi connectivity index (χ2v) is 4.82. The average molecular weight is 353 g/mol. The number of esters is 1. The molecule has 0 aromatic heterocycles. The summed E-state index contributed by atoms with van der Waals surface area (Å²) in [5.41, 5.74) is 0.430. The van der Waals surface area contributed by atoms with E-state index in [9.17, 15) is 19.2 Å². The molecule has 0 unspecified atom stereocenters. The van der Waals surface area contributed by atoms with E-state index < -0.39 is 30.7 Å². The Bertz CT molecular complexity index is 670. The van der Waals surface area contributed by atoms with Gasteiger partial charge in [-0.3, -0.25) is 14.9 Å². The van der Waals surface area contributed by atoms with Crippen LogP contribution in [0.2, 0.25) is 0 Å². The summed E-state index contributed by atoms with van der Waals surface area (Å²) in [7, 11) is 2.49. The number of ketones is 1. The zero-order chi connectivity index (χ0) is 19.0. The van der Waals surface area contributed by atoms with Gasteiger partial charge in [0.25, 0.3) is 5.91 Å². The molecule has 136 valence electrons. The van der Waals surface area contributed by atoms with Gasteiger partial charge in [-0.1, -0.05) is 0 Å². The van der Waals surface area contributed by atoms with Crippen LogP contribution in [0.15, 0.2) is 18.2 Å². The van der Waals surface area contributed by atoms with Gasteiger partial charge in [-0.05, 0) is 32.0 Å². The van der Waals surface area contributed by atoms with Gasteiger partial charge in [0.2, 0.25) is 0 Å². The van der Waals surface area contributed by atoms with E-state index in [-0.39, 0.29) is 17.3 Å². The van der Waals surface area contributed by atoms with E-state index in [0.717, 1.165) is 7.11 Å². The molecule has 0 aliphatic heterocycles. The van der Waals surface area contributed by atoms with Crippen LogP contribution in [-0.2, 0) is 19.1 Å². The first-order chi connectivity index (χ1) is 11.8. The van der Waals surface area contributed by atoms with Gasteiger partial charge in [-0.2, -0.15) is 0 Å². The topological polar surface area (TPSA) is 117 Å². The molecule has 25 heavy (non-hydrogen) atoms. The molecule has 0 heterocycles. The van der Waals surface area contributed by atoms with Crippen molar-refractivity contribution in [3.8, 4) is 11.5 Å². The maximum Gasteiger partial charge on any atom is 0.413 e. The molecule has 9 nitrogen and oxygen atoms in total. The minimum Gasteiger partial charge on any atom is -0.493 e. The molecule has 1 N–H and O–H groups in total. The summed E-state index contributed by atoms with van der Waals surface area (Å²) >= 11 is 0. The highest BCUT2D eigenvalue weighted by molar-refractivity contribution is 5.95. The van der Waals surface area contributed by atoms with Gasteiger partial charge in [0, 0.05) is 5.56 Å². The van der Waals surface area contributed by atoms with Crippen LogP contribution in [0.1, 0.15) is 24.2 Å². The first-order valence-electron chi connectivity index (χ1n) is 7.18. The lowest BCUT2D eigenvalue weighted by Gasteiger charge is -2.14. The number of methoxy groups -OCH3 is 2. The van der Waals surface area contributed by atoms with Crippen molar-refractivity contribution in [2.45, 2.75) is 20.0 Å². The van der Waals surface area contributed by atoms with Crippen LogP contribution < -0.4 is 14.8 Å². The van der Waals surface area contributed by atoms with Crippen molar-refractivity contribution >= 4 is 23.8 Å². The minimum atomic E-state index is -1.21. The zero-order valence-electron chi connectivity index (χ0n) is 14.3. The summed E-state index contributed by atoms with van der Waals surface area (Å²) in [5.74, 6) is -1.29. The molecule has 0 saturated heterocycles. The van der Waals surface area contributed by atoms with Crippen molar-refractivity contribution in [3.05, 3.63) is 23.8 Å². The van der Waals surface area contributed by atoms with Crippen molar-refractivity contribution < 1.29 is 38.1 Å². The quantitative estimate of drug-likeness (QED) is 0.572. The van der Waals surface area contributed by atoms with E-state index in [1.54, 1.807) is 0 Å². The van der Waals surface area contributed by atoms with E-state index in [2.05, 4.69) is 4.74 Å². The molecule has 1 aromatic rings. The Hall–Kier alpha value is -3.10. The highest BCUT2D eigenvalue weighted by Crippen LogP contribution is 2.28. The van der Waals surface area contributed by atoms with Gasteiger partial charge in [0.1, 0.15) is 0 Å². The Morgan fingerprint density at radius 2 is 1.80 bits per heavy atom. The highest BCUT2D eigenvalue weighted by Gasteiger charge is 2.20. The standard InChI is InChI=1S/C16H19NO8/c1-9(18)11-5-6-12(13(7-11)22-3)24-8-14(19)25-10(2)15(20)17-16(21)23-4/h5-7,10H,8H2,1-4H3,(H,17,20,21)/t10-/m1/s1. The molecule has 0 saturated carbocycles. The third-order valence-corrected chi connectivity index (χ3v) is 3.00. The number of benzene rings is 1. The van der Waals surface area contributed by atoms with Crippen LogP contribution >= 0.6 is 0 Å². The Morgan fingerprint density at radius 3 is 2.36 bits per heavy atom. The maximum absolute atomic E-state index is 11.7. The normalized spacial score (nSPS) is 11.0. The van der Waals surface area contributed by atoms with Gasteiger partial charge >= 0.3 is 12.1 Å². The van der Waals surface area contributed by atoms with Crippen molar-refractivity contribution in [2.24, 2.45) is 0 Å². The van der Waals surface area contributed by atoms with Crippen molar-refractivity contribution in [3.63, 3.8) is 0 Å². The molecular weight excluding hydrogens is 334 g/mol. The van der Waals surface area contributed by atoms with Gasteiger partial charge in [0.15, 0.2) is 30.0 Å². The third kappa shape index (κ3) is 6.13. The number of Topliss-reactive ketones (excluding diaryl/α,β-unsaturated/α-hetero) is 1. The fraction of sp³-hybridized carbons (Fsp3) is 0.375. The van der Waals surface area contributed by atoms with Crippen molar-refractivity contribution in [1.82, 2.24) is 5.32 Å². The van der Waals surface area contributed by atoms with Crippen LogP contribution in [0.5, 0.6) is 11.5 Å². The number of carbonyl (C=O) groups is 4. The third-order valence-electron chi connectivity index (χ3n) is 3.00. The summed E-state index contributed by atoms with van der Waals surface area (Å²) in [6.07, 6.45) is -2.17. The second-order valence-electron chi connectivity index (χ2n) is 4.82. The number of hydrogen-bond donors (Lipinski definition) is 1. The van der Waals surface area contributed by atoms with Gasteiger partial charge in [-0.15, -0.1) is 0 Å². The van der Waals surface area contributed by atoms with Crippen molar-refractivity contribution in [1.29, 1.82) is 0 Å². The highest BCUT2D eigenvalue weighted by atomic mass is 16.6. The maximum atomic E-state index is 11.7. The van der Waals surface area contributed by atoms with Crippen LogP contribution in [0.25, 0.3) is 0 Å². The van der Waals surface area contributed by atoms with Crippen LogP contribution in [-0.4, -0.2) is 50.7 Å². The van der Waals surface area contributed by atoms with Crippen LogP contribution in [0, 0.1) is 0 Å². The number of hydrogen-bond acceptors (Lipinski definition) is 8. The summed E-state index contributed by atoms with van der Waals surface area (Å²) in [4.78, 5) is 45.5.